The Morgan fingerprint density at radius 1 is 1.05 bits per heavy atom. The van der Waals surface area contributed by atoms with E-state index in [0.717, 1.165) is 0 Å². The van der Waals surface area contributed by atoms with Gasteiger partial charge in [-0.05, 0) is 80.4 Å². The van der Waals surface area contributed by atoms with Crippen LogP contribution in [0.2, 0.25) is 10.0 Å². The molecule has 0 fully saturated rings. The minimum absolute atomic E-state index is 0.0848. The molecule has 2 heterocycles. The second-order valence-corrected chi connectivity index (χ2v) is 11.3. The molecule has 1 aliphatic rings. The van der Waals surface area contributed by atoms with Gasteiger partial charge in [0.2, 0.25) is 5.95 Å². The van der Waals surface area contributed by atoms with Crippen LogP contribution in [0.5, 0.6) is 5.75 Å². The third-order valence-electron chi connectivity index (χ3n) is 7.68. The molecule has 0 radical (unpaired) electrons. The van der Waals surface area contributed by atoms with Crippen molar-refractivity contribution in [2.24, 2.45) is 0 Å². The smallest absolute Gasteiger partial charge is 0.263 e. The number of rotatable bonds is 7. The van der Waals surface area contributed by atoms with E-state index < -0.39 is 11.9 Å². The van der Waals surface area contributed by atoms with E-state index in [1.165, 1.54) is 36.9 Å². The summed E-state index contributed by atoms with van der Waals surface area (Å²) in [6.45, 7) is 3.77. The Kier molecular flexibility index (Phi) is 8.94. The number of carbonyl (C=O) groups excluding carboxylic acids is 2. The molecule has 12 heteroatoms. The zero-order valence-corrected chi connectivity index (χ0v) is 26.0. The third-order valence-corrected chi connectivity index (χ3v) is 8.42. The average molecular weight is 639 g/mol. The molecule has 44 heavy (non-hydrogen) atoms. The van der Waals surface area contributed by atoms with Gasteiger partial charge in [-0.25, -0.2) is 13.9 Å². The minimum atomic E-state index is -0.523. The first-order valence-electron chi connectivity index (χ1n) is 13.9. The molecule has 1 unspecified atom stereocenters. The lowest BCUT2D eigenvalue weighted by Gasteiger charge is -2.35. The summed E-state index contributed by atoms with van der Waals surface area (Å²) < 4.78 is 21.0. The van der Waals surface area contributed by atoms with Gasteiger partial charge in [0.05, 0.1) is 41.1 Å². The summed E-state index contributed by atoms with van der Waals surface area (Å²) in [4.78, 5) is 46.3. The van der Waals surface area contributed by atoms with E-state index in [-0.39, 0.29) is 53.1 Å². The highest BCUT2D eigenvalue weighted by atomic mass is 35.5. The zero-order chi connectivity index (χ0) is 31.7. The number of amides is 2. The van der Waals surface area contributed by atoms with Crippen molar-refractivity contribution in [3.05, 3.63) is 115 Å². The van der Waals surface area contributed by atoms with E-state index in [0.29, 0.717) is 38.7 Å². The second-order valence-electron chi connectivity index (χ2n) is 10.5. The summed E-state index contributed by atoms with van der Waals surface area (Å²) in [5, 5.41) is 6.44. The molecule has 2 atom stereocenters. The number of methoxy groups -OCH3 is 1. The van der Waals surface area contributed by atoms with Crippen molar-refractivity contribution in [3.63, 3.8) is 0 Å². The Balaban J connectivity index is 1.57. The Hall–Kier alpha value is -4.41. The molecule has 4 aromatic rings. The molecular formula is C32H30Cl2FN5O4. The van der Waals surface area contributed by atoms with Crippen molar-refractivity contribution in [1.82, 2.24) is 19.8 Å². The van der Waals surface area contributed by atoms with Crippen molar-refractivity contribution in [2.75, 3.05) is 19.5 Å². The van der Waals surface area contributed by atoms with Crippen LogP contribution < -0.4 is 20.9 Å². The fourth-order valence-electron chi connectivity index (χ4n) is 5.20. The number of anilines is 1. The van der Waals surface area contributed by atoms with Crippen LogP contribution in [0.25, 0.3) is 5.69 Å². The highest BCUT2D eigenvalue weighted by molar-refractivity contribution is 6.42. The molecule has 2 N–H and O–H groups in total. The Bertz CT molecular complexity index is 1810. The van der Waals surface area contributed by atoms with Crippen LogP contribution in [0.1, 0.15) is 57.4 Å². The number of aromatic nitrogens is 2. The molecule has 5 rings (SSSR count). The van der Waals surface area contributed by atoms with E-state index in [9.17, 15) is 18.8 Å². The van der Waals surface area contributed by atoms with Crippen molar-refractivity contribution >= 4 is 41.0 Å². The van der Waals surface area contributed by atoms with Crippen molar-refractivity contribution in [2.45, 2.75) is 38.9 Å². The van der Waals surface area contributed by atoms with Crippen molar-refractivity contribution < 1.29 is 18.7 Å². The van der Waals surface area contributed by atoms with Gasteiger partial charge in [0, 0.05) is 29.8 Å². The summed E-state index contributed by atoms with van der Waals surface area (Å²) in [6, 6.07) is 15.1. The fourth-order valence-corrected chi connectivity index (χ4v) is 5.50. The maximum absolute atomic E-state index is 14.5. The lowest BCUT2D eigenvalue weighted by molar-refractivity contribution is 0.0653. The Morgan fingerprint density at radius 2 is 1.75 bits per heavy atom. The van der Waals surface area contributed by atoms with E-state index in [2.05, 4.69) is 10.6 Å². The number of halogens is 3. The first-order chi connectivity index (χ1) is 21.0. The lowest BCUT2D eigenvalue weighted by atomic mass is 9.98. The van der Waals surface area contributed by atoms with Gasteiger partial charge in [0.1, 0.15) is 0 Å². The van der Waals surface area contributed by atoms with Crippen LogP contribution >= 0.6 is 23.2 Å². The second kappa shape index (κ2) is 12.7. The van der Waals surface area contributed by atoms with E-state index in [1.54, 1.807) is 47.4 Å². The molecule has 2 amide bonds. The molecule has 0 spiro atoms. The van der Waals surface area contributed by atoms with Crippen LogP contribution in [0.15, 0.2) is 65.5 Å². The molecule has 0 saturated heterocycles. The van der Waals surface area contributed by atoms with Gasteiger partial charge < -0.3 is 20.3 Å². The summed E-state index contributed by atoms with van der Waals surface area (Å²) in [6.07, 6.45) is 0.268. The van der Waals surface area contributed by atoms with Gasteiger partial charge >= 0.3 is 0 Å². The van der Waals surface area contributed by atoms with E-state index >= 15 is 0 Å². The first kappa shape index (κ1) is 31.0. The fraction of sp³-hybridized carbons (Fsp3) is 0.250. The van der Waals surface area contributed by atoms with Gasteiger partial charge in [-0.3, -0.25) is 14.4 Å². The highest BCUT2D eigenvalue weighted by Crippen LogP contribution is 2.29. The molecule has 1 aliphatic heterocycles. The number of nitrogens with zero attached hydrogens (tertiary/aromatic N) is 3. The Morgan fingerprint density at radius 3 is 2.39 bits per heavy atom. The SMILES string of the molecule is CNC(=O)c1ccc(-n2c(NC(C)c3ccc(OC)c(F)c3)nc3c(c2=O)C[C@@H](C)N(C(=O)c2ccc(Cl)c(Cl)c2)C3)cc1. The lowest BCUT2D eigenvalue weighted by Crippen LogP contribution is -2.46. The molecule has 0 aliphatic carbocycles. The van der Waals surface area contributed by atoms with Gasteiger partial charge in [-0.1, -0.05) is 29.3 Å². The predicted octanol–water partition coefficient (Wildman–Crippen LogP) is 5.81. The number of fused-ring (bicyclic) bond motifs is 1. The van der Waals surface area contributed by atoms with Crippen LogP contribution in [-0.4, -0.2) is 46.5 Å². The van der Waals surface area contributed by atoms with Gasteiger partial charge in [0.25, 0.3) is 17.4 Å². The van der Waals surface area contributed by atoms with Gasteiger partial charge in [-0.15, -0.1) is 0 Å². The van der Waals surface area contributed by atoms with Crippen molar-refractivity contribution in [3.8, 4) is 11.4 Å². The molecule has 228 valence electrons. The number of nitrogens with one attached hydrogen (secondary N) is 2. The number of hydrogen-bond donors (Lipinski definition) is 2. The standard InChI is InChI=1S/C32H30Cl2FN5O4/c1-17-13-23-27(16-39(17)30(42)21-7-11-24(33)25(34)14-21)38-32(37-18(2)20-8-12-28(44-4)26(35)15-20)40(31(23)43)22-9-5-19(6-10-22)29(41)36-3/h5-12,14-15,17-18H,13,16H2,1-4H3,(H,36,41)(H,37,38)/t17-,18?/m1/s1. The van der Waals surface area contributed by atoms with Crippen LogP contribution in [-0.2, 0) is 13.0 Å². The molecular weight excluding hydrogens is 608 g/mol. The van der Waals surface area contributed by atoms with Crippen molar-refractivity contribution in [1.29, 1.82) is 0 Å². The Labute approximate surface area is 263 Å². The number of benzene rings is 3. The largest absolute Gasteiger partial charge is 0.494 e. The molecule has 0 bridgehead atoms. The molecule has 1 aromatic heterocycles. The summed E-state index contributed by atoms with van der Waals surface area (Å²) >= 11 is 12.2. The van der Waals surface area contributed by atoms with Crippen LogP contribution in [0.4, 0.5) is 10.3 Å². The summed E-state index contributed by atoms with van der Waals surface area (Å²) in [7, 11) is 2.93. The number of carbonyl (C=O) groups is 2. The zero-order valence-electron chi connectivity index (χ0n) is 24.5. The van der Waals surface area contributed by atoms with Gasteiger partial charge in [0.15, 0.2) is 11.6 Å². The maximum atomic E-state index is 14.5. The minimum Gasteiger partial charge on any atom is -0.494 e. The number of ether oxygens (including phenoxy) is 1. The molecule has 3 aromatic carbocycles. The van der Waals surface area contributed by atoms with Gasteiger partial charge in [-0.2, -0.15) is 0 Å². The quantitative estimate of drug-likeness (QED) is 0.265. The summed E-state index contributed by atoms with van der Waals surface area (Å²) in [5.41, 5.74) is 2.48. The number of hydrogen-bond acceptors (Lipinski definition) is 6. The average Bonchev–Trinajstić information content (AvgIpc) is 3.02. The van der Waals surface area contributed by atoms with Crippen LogP contribution in [0.3, 0.4) is 0 Å². The first-order valence-corrected chi connectivity index (χ1v) is 14.6. The summed E-state index contributed by atoms with van der Waals surface area (Å²) in [5.74, 6) is -0.747. The third kappa shape index (κ3) is 6.00. The predicted molar refractivity (Wildman–Crippen MR) is 168 cm³/mol. The highest BCUT2D eigenvalue weighted by Gasteiger charge is 2.32. The monoisotopic (exact) mass is 637 g/mol. The topological polar surface area (TPSA) is 106 Å². The molecule has 9 nitrogen and oxygen atoms in total. The van der Waals surface area contributed by atoms with Crippen LogP contribution in [0, 0.1) is 5.82 Å². The maximum Gasteiger partial charge on any atom is 0.263 e. The van der Waals surface area contributed by atoms with E-state index in [1.807, 2.05) is 13.8 Å². The molecule has 0 saturated carbocycles. The normalized spacial score (nSPS) is 14.9. The van der Waals surface area contributed by atoms with E-state index in [4.69, 9.17) is 32.9 Å².